The molecule has 2 aromatic carbocycles. The summed E-state index contributed by atoms with van der Waals surface area (Å²) < 4.78 is 12.0. The van der Waals surface area contributed by atoms with Crippen LogP contribution in [0.15, 0.2) is 48.5 Å². The van der Waals surface area contributed by atoms with Gasteiger partial charge in [0.15, 0.2) is 5.79 Å². The molecular weight excluding hydrogens is 260 g/mol. The third-order valence-corrected chi connectivity index (χ3v) is 5.46. The van der Waals surface area contributed by atoms with E-state index >= 15 is 0 Å². The first-order chi connectivity index (χ1) is 10.3. The van der Waals surface area contributed by atoms with Crippen LogP contribution in [0.4, 0.5) is 0 Å². The summed E-state index contributed by atoms with van der Waals surface area (Å²) in [5, 5.41) is 0. The molecule has 4 rings (SSSR count). The van der Waals surface area contributed by atoms with Gasteiger partial charge in [0, 0.05) is 20.6 Å². The van der Waals surface area contributed by atoms with Crippen LogP contribution in [0.3, 0.4) is 0 Å². The molecule has 21 heavy (non-hydrogen) atoms. The summed E-state index contributed by atoms with van der Waals surface area (Å²) in [6.45, 7) is 0. The van der Waals surface area contributed by atoms with Gasteiger partial charge in [0.25, 0.3) is 0 Å². The third-order valence-electron chi connectivity index (χ3n) is 5.46. The van der Waals surface area contributed by atoms with E-state index in [2.05, 4.69) is 48.5 Å². The van der Waals surface area contributed by atoms with E-state index in [0.717, 1.165) is 19.3 Å². The van der Waals surface area contributed by atoms with Crippen LogP contribution in [0.1, 0.15) is 28.7 Å². The van der Waals surface area contributed by atoms with Gasteiger partial charge >= 0.3 is 0 Å². The molecular formula is C19H20O2. The van der Waals surface area contributed by atoms with Crippen LogP contribution >= 0.6 is 0 Å². The van der Waals surface area contributed by atoms with Crippen LogP contribution in [0, 0.1) is 0 Å². The van der Waals surface area contributed by atoms with Crippen LogP contribution in [0.25, 0.3) is 0 Å². The Labute approximate surface area is 125 Å². The summed E-state index contributed by atoms with van der Waals surface area (Å²) in [6.07, 6.45) is 2.94. The summed E-state index contributed by atoms with van der Waals surface area (Å²) in [6, 6.07) is 17.4. The van der Waals surface area contributed by atoms with E-state index in [1.807, 2.05) is 0 Å². The molecule has 108 valence electrons. The Kier molecular flexibility index (Phi) is 2.75. The largest absolute Gasteiger partial charge is 0.352 e. The highest BCUT2D eigenvalue weighted by Gasteiger charge is 2.62. The van der Waals surface area contributed by atoms with Crippen molar-refractivity contribution < 1.29 is 9.47 Å². The second kappa shape index (κ2) is 4.43. The maximum Gasteiger partial charge on any atom is 0.185 e. The number of methoxy groups -OCH3 is 2. The standard InChI is InChI=1S/C19H20O2/c1-20-19(21-2)13-15-8-4-6-10-17(15)18(19)12-11-14-7-3-5-9-16(14)18/h3-10H,11-13H2,1-2H3. The van der Waals surface area contributed by atoms with E-state index in [-0.39, 0.29) is 5.41 Å². The number of benzene rings is 2. The van der Waals surface area contributed by atoms with Gasteiger partial charge in [-0.05, 0) is 35.1 Å². The first kappa shape index (κ1) is 13.1. The molecule has 2 aromatic rings. The fraction of sp³-hybridized carbons (Fsp3) is 0.368. The van der Waals surface area contributed by atoms with Gasteiger partial charge < -0.3 is 9.47 Å². The minimum absolute atomic E-state index is 0.177. The third kappa shape index (κ3) is 1.44. The Morgan fingerprint density at radius 3 is 2.05 bits per heavy atom. The van der Waals surface area contributed by atoms with E-state index in [9.17, 15) is 0 Å². The van der Waals surface area contributed by atoms with Crippen LogP contribution in [-0.2, 0) is 27.7 Å². The Balaban J connectivity index is 2.04. The van der Waals surface area contributed by atoms with Gasteiger partial charge in [-0.15, -0.1) is 0 Å². The number of aryl methyl sites for hydroxylation is 1. The van der Waals surface area contributed by atoms with Gasteiger partial charge in [-0.25, -0.2) is 0 Å². The average molecular weight is 280 g/mol. The smallest absolute Gasteiger partial charge is 0.185 e. The second-order valence-electron chi connectivity index (χ2n) is 6.06. The quantitative estimate of drug-likeness (QED) is 0.784. The summed E-state index contributed by atoms with van der Waals surface area (Å²) in [4.78, 5) is 0. The highest BCUT2D eigenvalue weighted by molar-refractivity contribution is 5.56. The van der Waals surface area contributed by atoms with Crippen LogP contribution in [0.2, 0.25) is 0 Å². The highest BCUT2D eigenvalue weighted by atomic mass is 16.7. The molecule has 0 N–H and O–H groups in total. The lowest BCUT2D eigenvalue weighted by atomic mass is 9.72. The van der Waals surface area contributed by atoms with Crippen molar-refractivity contribution in [2.75, 3.05) is 14.2 Å². The van der Waals surface area contributed by atoms with E-state index in [4.69, 9.17) is 9.47 Å². The topological polar surface area (TPSA) is 18.5 Å². The lowest BCUT2D eigenvalue weighted by molar-refractivity contribution is -0.233. The molecule has 2 nitrogen and oxygen atoms in total. The fourth-order valence-corrected chi connectivity index (χ4v) is 4.56. The summed E-state index contributed by atoms with van der Waals surface area (Å²) >= 11 is 0. The lowest BCUT2D eigenvalue weighted by Gasteiger charge is -2.42. The van der Waals surface area contributed by atoms with E-state index < -0.39 is 5.79 Å². The monoisotopic (exact) mass is 280 g/mol. The van der Waals surface area contributed by atoms with Crippen molar-refractivity contribution in [1.29, 1.82) is 0 Å². The second-order valence-corrected chi connectivity index (χ2v) is 6.06. The number of rotatable bonds is 2. The molecule has 1 atom stereocenters. The van der Waals surface area contributed by atoms with E-state index in [0.29, 0.717) is 0 Å². The number of ether oxygens (including phenoxy) is 2. The average Bonchev–Trinajstić information content (AvgIpc) is 3.07. The predicted octanol–water partition coefficient (Wildman–Crippen LogP) is 3.46. The zero-order chi connectivity index (χ0) is 14.5. The summed E-state index contributed by atoms with van der Waals surface area (Å²) in [5.41, 5.74) is 5.34. The molecule has 0 aromatic heterocycles. The highest BCUT2D eigenvalue weighted by Crippen LogP contribution is 2.58. The Hall–Kier alpha value is -1.64. The molecule has 0 fully saturated rings. The van der Waals surface area contributed by atoms with Crippen LogP contribution in [-0.4, -0.2) is 20.0 Å². The minimum atomic E-state index is -0.594. The SMILES string of the molecule is COC1(OC)Cc2ccccc2C12CCc1ccccc12. The van der Waals surface area contributed by atoms with Gasteiger partial charge in [-0.1, -0.05) is 48.5 Å². The maximum atomic E-state index is 6.00. The molecule has 0 heterocycles. The molecule has 0 bridgehead atoms. The van der Waals surface area contributed by atoms with Gasteiger partial charge in [0.2, 0.25) is 0 Å². The van der Waals surface area contributed by atoms with Crippen molar-refractivity contribution in [1.82, 2.24) is 0 Å². The minimum Gasteiger partial charge on any atom is -0.352 e. The normalized spacial score (nSPS) is 25.0. The fourth-order valence-electron chi connectivity index (χ4n) is 4.56. The molecule has 2 aliphatic rings. The first-order valence-electron chi connectivity index (χ1n) is 7.54. The molecule has 2 aliphatic carbocycles. The Bertz CT molecular complexity index is 674. The molecule has 0 saturated heterocycles. The van der Waals surface area contributed by atoms with Gasteiger partial charge in [0.1, 0.15) is 0 Å². The molecule has 0 amide bonds. The molecule has 1 unspecified atom stereocenters. The van der Waals surface area contributed by atoms with Crippen LogP contribution in [0.5, 0.6) is 0 Å². The maximum absolute atomic E-state index is 6.00. The van der Waals surface area contributed by atoms with Gasteiger partial charge in [-0.2, -0.15) is 0 Å². The van der Waals surface area contributed by atoms with Crippen LogP contribution < -0.4 is 0 Å². The van der Waals surface area contributed by atoms with Crippen molar-refractivity contribution in [3.63, 3.8) is 0 Å². The van der Waals surface area contributed by atoms with E-state index in [1.165, 1.54) is 22.3 Å². The predicted molar refractivity (Wildman–Crippen MR) is 82.4 cm³/mol. The van der Waals surface area contributed by atoms with Gasteiger partial charge in [0.05, 0.1) is 5.41 Å². The number of fused-ring (bicyclic) bond motifs is 4. The molecule has 0 radical (unpaired) electrons. The Morgan fingerprint density at radius 2 is 1.38 bits per heavy atom. The zero-order valence-corrected chi connectivity index (χ0v) is 12.6. The summed E-state index contributed by atoms with van der Waals surface area (Å²) in [7, 11) is 3.55. The molecule has 0 aliphatic heterocycles. The lowest BCUT2D eigenvalue weighted by Crippen LogP contribution is -2.51. The van der Waals surface area contributed by atoms with Crippen molar-refractivity contribution in [3.8, 4) is 0 Å². The number of hydrogen-bond donors (Lipinski definition) is 0. The van der Waals surface area contributed by atoms with Crippen molar-refractivity contribution >= 4 is 0 Å². The zero-order valence-electron chi connectivity index (χ0n) is 12.6. The van der Waals surface area contributed by atoms with Gasteiger partial charge in [-0.3, -0.25) is 0 Å². The van der Waals surface area contributed by atoms with Crippen molar-refractivity contribution in [2.24, 2.45) is 0 Å². The number of hydrogen-bond acceptors (Lipinski definition) is 2. The van der Waals surface area contributed by atoms with Crippen molar-refractivity contribution in [2.45, 2.75) is 30.5 Å². The Morgan fingerprint density at radius 1 is 0.810 bits per heavy atom. The van der Waals surface area contributed by atoms with E-state index in [1.54, 1.807) is 14.2 Å². The molecule has 2 heteroatoms. The molecule has 0 saturated carbocycles. The summed E-state index contributed by atoms with van der Waals surface area (Å²) in [5.74, 6) is -0.594. The van der Waals surface area contributed by atoms with Crippen molar-refractivity contribution in [3.05, 3.63) is 70.8 Å². The molecule has 1 spiro atoms. The first-order valence-corrected chi connectivity index (χ1v) is 7.54.